The number of hydrogen-bond donors (Lipinski definition) is 1. The number of benzene rings is 3. The second-order valence-electron chi connectivity index (χ2n) is 6.74. The van der Waals surface area contributed by atoms with Gasteiger partial charge in [-0.3, -0.25) is 9.59 Å². The number of pyridine rings is 2. The SMILES string of the molecule is CCn1c2cc3c(=O)c4ccccc4[nH]c3cc2c(=O)c2c(Cl)ccc(Cl)c21. The average Bonchev–Trinajstić information content (AvgIpc) is 2.70. The van der Waals surface area contributed by atoms with E-state index in [1.165, 1.54) is 0 Å². The maximum atomic E-state index is 13.3. The molecule has 0 aliphatic rings. The summed E-state index contributed by atoms with van der Waals surface area (Å²) in [5.74, 6) is 0. The van der Waals surface area contributed by atoms with Gasteiger partial charge in [0.2, 0.25) is 0 Å². The molecule has 5 aromatic rings. The van der Waals surface area contributed by atoms with Crippen LogP contribution in [0.25, 0.3) is 43.6 Å². The first kappa shape index (κ1) is 17.3. The Labute approximate surface area is 168 Å². The fourth-order valence-corrected chi connectivity index (χ4v) is 4.47. The van der Waals surface area contributed by atoms with E-state index >= 15 is 0 Å². The molecule has 0 unspecified atom stereocenters. The third-order valence-corrected chi connectivity index (χ3v) is 5.87. The number of rotatable bonds is 1. The molecule has 2 aromatic heterocycles. The van der Waals surface area contributed by atoms with Gasteiger partial charge in [0.1, 0.15) is 0 Å². The maximum Gasteiger partial charge on any atom is 0.198 e. The first-order valence-electron chi connectivity index (χ1n) is 8.90. The molecule has 0 aliphatic heterocycles. The fraction of sp³-hybridized carbons (Fsp3) is 0.0909. The molecule has 0 amide bonds. The van der Waals surface area contributed by atoms with Crippen molar-refractivity contribution in [2.75, 3.05) is 0 Å². The highest BCUT2D eigenvalue weighted by Gasteiger charge is 2.17. The summed E-state index contributed by atoms with van der Waals surface area (Å²) < 4.78 is 1.94. The standard InChI is InChI=1S/C22H14Cl2N2O2/c1-2-26-18-10-12-17(25-16-6-4-3-5-11(16)21(12)27)9-13(18)22(28)19-14(23)7-8-15(24)20(19)26/h3-10H,2H2,1H3,(H,25,27). The van der Waals surface area contributed by atoms with Crippen LogP contribution in [0.1, 0.15) is 6.92 Å². The molecule has 0 spiro atoms. The van der Waals surface area contributed by atoms with E-state index in [0.717, 1.165) is 5.52 Å². The summed E-state index contributed by atoms with van der Waals surface area (Å²) in [5, 5.41) is 2.85. The zero-order valence-corrected chi connectivity index (χ0v) is 16.4. The fourth-order valence-electron chi connectivity index (χ4n) is 3.97. The number of para-hydroxylation sites is 1. The molecule has 138 valence electrons. The van der Waals surface area contributed by atoms with Crippen LogP contribution in [0.15, 0.2) is 58.1 Å². The second-order valence-corrected chi connectivity index (χ2v) is 7.56. The van der Waals surface area contributed by atoms with Gasteiger partial charge in [0, 0.05) is 28.2 Å². The van der Waals surface area contributed by atoms with Gasteiger partial charge in [-0.05, 0) is 43.3 Å². The van der Waals surface area contributed by atoms with E-state index in [-0.39, 0.29) is 10.9 Å². The molecule has 28 heavy (non-hydrogen) atoms. The molecular formula is C22H14Cl2N2O2. The molecule has 0 fully saturated rings. The van der Waals surface area contributed by atoms with Crippen LogP contribution in [0.2, 0.25) is 10.0 Å². The van der Waals surface area contributed by atoms with Crippen LogP contribution in [-0.4, -0.2) is 9.55 Å². The Bertz CT molecular complexity index is 1570. The Morgan fingerprint density at radius 3 is 2.39 bits per heavy atom. The van der Waals surface area contributed by atoms with Gasteiger partial charge in [-0.15, -0.1) is 0 Å². The van der Waals surface area contributed by atoms with Gasteiger partial charge >= 0.3 is 0 Å². The molecule has 2 heterocycles. The van der Waals surface area contributed by atoms with Crippen LogP contribution in [0.3, 0.4) is 0 Å². The van der Waals surface area contributed by atoms with Crippen molar-refractivity contribution in [2.24, 2.45) is 0 Å². The molecule has 4 nitrogen and oxygen atoms in total. The van der Waals surface area contributed by atoms with Crippen LogP contribution in [0.4, 0.5) is 0 Å². The molecule has 0 aliphatic carbocycles. The lowest BCUT2D eigenvalue weighted by Crippen LogP contribution is -2.13. The Balaban J connectivity index is 2.10. The van der Waals surface area contributed by atoms with Crippen LogP contribution in [-0.2, 0) is 6.54 Å². The molecule has 0 saturated carbocycles. The van der Waals surface area contributed by atoms with Crippen molar-refractivity contribution in [1.29, 1.82) is 0 Å². The number of aromatic amines is 1. The predicted molar refractivity (Wildman–Crippen MR) is 117 cm³/mol. The molecule has 6 heteroatoms. The lowest BCUT2D eigenvalue weighted by atomic mass is 10.0. The van der Waals surface area contributed by atoms with Crippen molar-refractivity contribution in [3.63, 3.8) is 0 Å². The van der Waals surface area contributed by atoms with Crippen molar-refractivity contribution in [1.82, 2.24) is 9.55 Å². The number of nitrogens with zero attached hydrogens (tertiary/aromatic N) is 1. The minimum atomic E-state index is -0.196. The van der Waals surface area contributed by atoms with E-state index in [1.807, 2.05) is 29.7 Å². The molecule has 0 radical (unpaired) electrons. The average molecular weight is 409 g/mol. The monoisotopic (exact) mass is 408 g/mol. The maximum absolute atomic E-state index is 13.3. The van der Waals surface area contributed by atoms with Crippen molar-refractivity contribution in [3.05, 3.63) is 79.0 Å². The van der Waals surface area contributed by atoms with Crippen LogP contribution < -0.4 is 10.9 Å². The lowest BCUT2D eigenvalue weighted by molar-refractivity contribution is 0.822. The smallest absolute Gasteiger partial charge is 0.198 e. The minimum Gasteiger partial charge on any atom is -0.354 e. The van der Waals surface area contributed by atoms with Gasteiger partial charge in [0.05, 0.1) is 32.0 Å². The van der Waals surface area contributed by atoms with Crippen molar-refractivity contribution >= 4 is 66.8 Å². The summed E-state index contributed by atoms with van der Waals surface area (Å²) in [6.07, 6.45) is 0. The van der Waals surface area contributed by atoms with Crippen molar-refractivity contribution in [3.8, 4) is 0 Å². The van der Waals surface area contributed by atoms with Crippen LogP contribution >= 0.6 is 23.2 Å². The number of aromatic nitrogens is 2. The summed E-state index contributed by atoms with van der Waals surface area (Å²) in [4.78, 5) is 29.6. The predicted octanol–water partition coefficient (Wildman–Crippen LogP) is 5.48. The zero-order valence-electron chi connectivity index (χ0n) is 14.8. The van der Waals surface area contributed by atoms with Crippen molar-refractivity contribution < 1.29 is 0 Å². The largest absolute Gasteiger partial charge is 0.354 e. The number of halogens is 2. The molecule has 0 saturated heterocycles. The van der Waals surface area contributed by atoms with E-state index in [4.69, 9.17) is 23.2 Å². The van der Waals surface area contributed by atoms with Crippen LogP contribution in [0, 0.1) is 0 Å². The molecular weight excluding hydrogens is 395 g/mol. The Morgan fingerprint density at radius 1 is 0.857 bits per heavy atom. The number of hydrogen-bond acceptors (Lipinski definition) is 2. The van der Waals surface area contributed by atoms with Gasteiger partial charge in [-0.1, -0.05) is 35.3 Å². The van der Waals surface area contributed by atoms with E-state index in [1.54, 1.807) is 30.3 Å². The van der Waals surface area contributed by atoms with Crippen molar-refractivity contribution in [2.45, 2.75) is 13.5 Å². The first-order valence-corrected chi connectivity index (χ1v) is 9.66. The molecule has 0 bridgehead atoms. The summed E-state index contributed by atoms with van der Waals surface area (Å²) in [7, 11) is 0. The van der Waals surface area contributed by atoms with E-state index in [9.17, 15) is 9.59 Å². The lowest BCUT2D eigenvalue weighted by Gasteiger charge is -2.16. The molecule has 5 rings (SSSR count). The third-order valence-electron chi connectivity index (χ3n) is 5.25. The topological polar surface area (TPSA) is 54.9 Å². The normalized spacial score (nSPS) is 11.8. The van der Waals surface area contributed by atoms with Gasteiger partial charge in [-0.25, -0.2) is 0 Å². The highest BCUT2D eigenvalue weighted by Crippen LogP contribution is 2.31. The highest BCUT2D eigenvalue weighted by atomic mass is 35.5. The summed E-state index contributed by atoms with van der Waals surface area (Å²) in [6, 6.07) is 14.2. The van der Waals surface area contributed by atoms with Gasteiger partial charge in [0.25, 0.3) is 0 Å². The highest BCUT2D eigenvalue weighted by molar-refractivity contribution is 6.40. The second kappa shape index (κ2) is 6.09. The van der Waals surface area contributed by atoms with Crippen LogP contribution in [0.5, 0.6) is 0 Å². The summed E-state index contributed by atoms with van der Waals surface area (Å²) >= 11 is 12.8. The molecule has 0 atom stereocenters. The van der Waals surface area contributed by atoms with Gasteiger partial charge < -0.3 is 9.55 Å². The van der Waals surface area contributed by atoms with Gasteiger partial charge in [-0.2, -0.15) is 0 Å². The van der Waals surface area contributed by atoms with Gasteiger partial charge in [0.15, 0.2) is 10.9 Å². The first-order chi connectivity index (χ1) is 13.5. The number of fused-ring (bicyclic) bond motifs is 4. The summed E-state index contributed by atoms with van der Waals surface area (Å²) in [6.45, 7) is 2.54. The summed E-state index contributed by atoms with van der Waals surface area (Å²) in [5.41, 5.74) is 2.34. The third kappa shape index (κ3) is 2.25. The number of nitrogens with one attached hydrogen (secondary N) is 1. The quantitative estimate of drug-likeness (QED) is 0.373. The molecule has 3 aromatic carbocycles. The molecule has 1 N–H and O–H groups in total. The Kier molecular flexibility index (Phi) is 3.76. The van der Waals surface area contributed by atoms with E-state index in [0.29, 0.717) is 54.7 Å². The Morgan fingerprint density at radius 2 is 1.61 bits per heavy atom. The zero-order chi connectivity index (χ0) is 19.6. The number of aryl methyl sites for hydroxylation is 1. The Hall–Kier alpha value is -2.82. The minimum absolute atomic E-state index is 0.0707. The van der Waals surface area contributed by atoms with E-state index in [2.05, 4.69) is 4.98 Å². The van der Waals surface area contributed by atoms with E-state index < -0.39 is 0 Å². The number of H-pyrrole nitrogens is 1.